The van der Waals surface area contributed by atoms with Gasteiger partial charge in [0.05, 0.1) is 15.8 Å². The van der Waals surface area contributed by atoms with Crippen LogP contribution in [-0.4, -0.2) is 14.5 Å². The largest absolute Gasteiger partial charge is 0.287 e. The monoisotopic (exact) mass is 355 g/mol. The zero-order valence-electron chi connectivity index (χ0n) is 13.9. The molecule has 128 valence electrons. The highest BCUT2D eigenvalue weighted by Crippen LogP contribution is 2.35. The van der Waals surface area contributed by atoms with Crippen molar-refractivity contribution in [3.8, 4) is 0 Å². The molecule has 0 aliphatic heterocycles. The number of rotatable bonds is 5. The van der Waals surface area contributed by atoms with Crippen LogP contribution in [-0.2, 0) is 6.54 Å². The maximum Gasteiger partial charge on any atom is 0.269 e. The molecule has 0 saturated heterocycles. The smallest absolute Gasteiger partial charge is 0.269 e. The van der Waals surface area contributed by atoms with Crippen molar-refractivity contribution in [3.63, 3.8) is 0 Å². The lowest BCUT2D eigenvalue weighted by Crippen LogP contribution is -2.22. The minimum Gasteiger partial charge on any atom is -0.287 e. The Hall–Kier alpha value is -2.67. The van der Waals surface area contributed by atoms with Gasteiger partial charge in [0.15, 0.2) is 5.16 Å². The van der Waals surface area contributed by atoms with Crippen LogP contribution in [0, 0.1) is 10.1 Å². The van der Waals surface area contributed by atoms with Crippen LogP contribution in [0.5, 0.6) is 0 Å². The Morgan fingerprint density at radius 2 is 2.00 bits per heavy atom. The third-order valence-corrected chi connectivity index (χ3v) is 5.12. The summed E-state index contributed by atoms with van der Waals surface area (Å²) in [6, 6.07) is 13.8. The van der Waals surface area contributed by atoms with E-state index in [2.05, 4.69) is 4.98 Å². The molecule has 0 aliphatic rings. The first kappa shape index (κ1) is 17.2. The van der Waals surface area contributed by atoms with Crippen molar-refractivity contribution >= 4 is 28.4 Å². The van der Waals surface area contributed by atoms with E-state index in [1.807, 2.05) is 38.1 Å². The molecule has 1 heterocycles. The average molecular weight is 355 g/mol. The number of hydrogen-bond donors (Lipinski definition) is 0. The van der Waals surface area contributed by atoms with Crippen LogP contribution in [0.1, 0.15) is 24.7 Å². The molecule has 1 unspecified atom stereocenters. The van der Waals surface area contributed by atoms with E-state index in [1.165, 1.54) is 17.8 Å². The number of fused-ring (bicyclic) bond motifs is 1. The molecule has 25 heavy (non-hydrogen) atoms. The first-order valence-corrected chi connectivity index (χ1v) is 8.79. The fraction of sp³-hybridized carbons (Fsp3) is 0.222. The highest BCUT2D eigenvalue weighted by atomic mass is 32.2. The molecule has 0 saturated carbocycles. The number of nitrogens with zero attached hydrogens (tertiary/aromatic N) is 3. The van der Waals surface area contributed by atoms with E-state index >= 15 is 0 Å². The van der Waals surface area contributed by atoms with Gasteiger partial charge in [0.2, 0.25) is 0 Å². The van der Waals surface area contributed by atoms with E-state index in [1.54, 1.807) is 22.8 Å². The van der Waals surface area contributed by atoms with Gasteiger partial charge in [-0.25, -0.2) is 4.98 Å². The zero-order chi connectivity index (χ0) is 18.0. The Balaban J connectivity index is 2.01. The van der Waals surface area contributed by atoms with Crippen LogP contribution < -0.4 is 5.56 Å². The number of hydrogen-bond acceptors (Lipinski definition) is 5. The van der Waals surface area contributed by atoms with Crippen molar-refractivity contribution in [1.82, 2.24) is 9.55 Å². The maximum absolute atomic E-state index is 12.7. The van der Waals surface area contributed by atoms with Crippen LogP contribution in [0.4, 0.5) is 5.69 Å². The van der Waals surface area contributed by atoms with Gasteiger partial charge in [-0.1, -0.05) is 36.0 Å². The first-order valence-electron chi connectivity index (χ1n) is 7.92. The Kier molecular flexibility index (Phi) is 4.85. The number of para-hydroxylation sites is 1. The van der Waals surface area contributed by atoms with Crippen LogP contribution in [0.25, 0.3) is 10.9 Å². The quantitative estimate of drug-likeness (QED) is 0.297. The second-order valence-electron chi connectivity index (χ2n) is 5.57. The van der Waals surface area contributed by atoms with Gasteiger partial charge in [-0.3, -0.25) is 19.5 Å². The maximum atomic E-state index is 12.7. The van der Waals surface area contributed by atoms with E-state index < -0.39 is 4.92 Å². The van der Waals surface area contributed by atoms with Crippen LogP contribution in [0.2, 0.25) is 0 Å². The Morgan fingerprint density at radius 3 is 2.72 bits per heavy atom. The molecule has 0 aliphatic carbocycles. The van der Waals surface area contributed by atoms with Crippen LogP contribution in [0.3, 0.4) is 0 Å². The van der Waals surface area contributed by atoms with Crippen molar-refractivity contribution in [2.45, 2.75) is 30.8 Å². The molecule has 3 rings (SSSR count). The van der Waals surface area contributed by atoms with Gasteiger partial charge >= 0.3 is 0 Å². The Morgan fingerprint density at radius 1 is 1.24 bits per heavy atom. The zero-order valence-corrected chi connectivity index (χ0v) is 14.7. The molecular weight excluding hydrogens is 338 g/mol. The minimum absolute atomic E-state index is 0.0595. The third-order valence-electron chi connectivity index (χ3n) is 3.98. The van der Waals surface area contributed by atoms with Gasteiger partial charge in [-0.2, -0.15) is 0 Å². The van der Waals surface area contributed by atoms with E-state index in [9.17, 15) is 14.9 Å². The molecule has 2 aromatic carbocycles. The molecule has 0 radical (unpaired) electrons. The number of aromatic nitrogens is 2. The Bertz CT molecular complexity index is 1000. The summed E-state index contributed by atoms with van der Waals surface area (Å²) < 4.78 is 1.64. The van der Waals surface area contributed by atoms with Crippen molar-refractivity contribution in [2.75, 3.05) is 0 Å². The number of benzene rings is 2. The molecule has 7 heteroatoms. The lowest BCUT2D eigenvalue weighted by Gasteiger charge is -2.15. The standard InChI is InChI=1S/C18H17N3O3S/c1-3-20-17(22)15-9-4-5-10-16(15)19-18(20)25-12(2)13-7-6-8-14(11-13)21(23)24/h4-12H,3H2,1-2H3. The normalized spacial score (nSPS) is 12.2. The molecule has 1 atom stereocenters. The van der Waals surface area contributed by atoms with Gasteiger partial charge in [-0.05, 0) is 31.5 Å². The predicted octanol–water partition coefficient (Wildman–Crippen LogP) is 4.18. The van der Waals surface area contributed by atoms with Gasteiger partial charge in [0.1, 0.15) is 0 Å². The molecular formula is C18H17N3O3S. The summed E-state index contributed by atoms with van der Waals surface area (Å²) in [7, 11) is 0. The molecule has 0 N–H and O–H groups in total. The predicted molar refractivity (Wildman–Crippen MR) is 99.0 cm³/mol. The molecule has 0 amide bonds. The summed E-state index contributed by atoms with van der Waals surface area (Å²) in [5.74, 6) is 0. The van der Waals surface area contributed by atoms with Gasteiger partial charge in [0.25, 0.3) is 11.2 Å². The summed E-state index contributed by atoms with van der Waals surface area (Å²) in [4.78, 5) is 27.8. The molecule has 0 fully saturated rings. The SMILES string of the molecule is CCn1c(SC(C)c2cccc([N+](=O)[O-])c2)nc2ccccc2c1=O. The van der Waals surface area contributed by atoms with Crippen molar-refractivity contribution in [3.05, 3.63) is 74.6 Å². The second kappa shape index (κ2) is 7.06. The number of nitro groups is 1. The number of nitro benzene ring substituents is 1. The second-order valence-corrected chi connectivity index (χ2v) is 6.88. The fourth-order valence-electron chi connectivity index (χ4n) is 2.63. The highest BCUT2D eigenvalue weighted by molar-refractivity contribution is 7.99. The molecule has 0 spiro atoms. The summed E-state index contributed by atoms with van der Waals surface area (Å²) in [6.07, 6.45) is 0. The summed E-state index contributed by atoms with van der Waals surface area (Å²) in [6.45, 7) is 4.37. The van der Waals surface area contributed by atoms with Gasteiger partial charge < -0.3 is 0 Å². The van der Waals surface area contributed by atoms with E-state index in [0.717, 1.165) is 5.56 Å². The molecule has 0 bridgehead atoms. The van der Waals surface area contributed by atoms with E-state index in [0.29, 0.717) is 22.6 Å². The summed E-state index contributed by atoms with van der Waals surface area (Å²) >= 11 is 1.43. The summed E-state index contributed by atoms with van der Waals surface area (Å²) in [5.41, 5.74) is 1.47. The highest BCUT2D eigenvalue weighted by Gasteiger charge is 2.16. The Labute approximate surface area is 148 Å². The van der Waals surface area contributed by atoms with E-state index in [4.69, 9.17) is 0 Å². The fourth-order valence-corrected chi connectivity index (χ4v) is 3.72. The minimum atomic E-state index is -0.406. The van der Waals surface area contributed by atoms with Crippen molar-refractivity contribution in [2.24, 2.45) is 0 Å². The van der Waals surface area contributed by atoms with Crippen LogP contribution >= 0.6 is 11.8 Å². The topological polar surface area (TPSA) is 78.0 Å². The average Bonchev–Trinajstić information content (AvgIpc) is 2.62. The van der Waals surface area contributed by atoms with Crippen molar-refractivity contribution < 1.29 is 4.92 Å². The first-order chi connectivity index (χ1) is 12.0. The van der Waals surface area contributed by atoms with Gasteiger partial charge in [-0.15, -0.1) is 0 Å². The lowest BCUT2D eigenvalue weighted by atomic mass is 10.1. The van der Waals surface area contributed by atoms with Crippen molar-refractivity contribution in [1.29, 1.82) is 0 Å². The number of non-ortho nitro benzene ring substituents is 1. The molecule has 1 aromatic heterocycles. The third kappa shape index (κ3) is 3.41. The molecule has 3 aromatic rings. The summed E-state index contributed by atoms with van der Waals surface area (Å²) in [5, 5.41) is 12.1. The number of thioether (sulfide) groups is 1. The van der Waals surface area contributed by atoms with E-state index in [-0.39, 0.29) is 16.5 Å². The molecule has 6 nitrogen and oxygen atoms in total. The lowest BCUT2D eigenvalue weighted by molar-refractivity contribution is -0.384. The van der Waals surface area contributed by atoms with Gasteiger partial charge in [0, 0.05) is 23.9 Å². The van der Waals surface area contributed by atoms with Crippen LogP contribution in [0.15, 0.2) is 58.5 Å².